The van der Waals surface area contributed by atoms with Crippen LogP contribution in [0.15, 0.2) is 30.3 Å². The number of halogens is 7. The number of aromatic nitrogens is 3. The van der Waals surface area contributed by atoms with Crippen molar-refractivity contribution in [1.29, 1.82) is 0 Å². The molecule has 6 nitrogen and oxygen atoms in total. The van der Waals surface area contributed by atoms with Crippen molar-refractivity contribution >= 4 is 23.5 Å². The lowest BCUT2D eigenvalue weighted by Gasteiger charge is -2.19. The molecule has 2 aromatic carbocycles. The zero-order valence-corrected chi connectivity index (χ0v) is 15.7. The Morgan fingerprint density at radius 3 is 2.10 bits per heavy atom. The van der Waals surface area contributed by atoms with E-state index >= 15 is 0 Å². The van der Waals surface area contributed by atoms with Crippen LogP contribution < -0.4 is 16.2 Å². The summed E-state index contributed by atoms with van der Waals surface area (Å²) < 4.78 is 86.8. The van der Waals surface area contributed by atoms with E-state index in [1.165, 1.54) is 0 Å². The molecule has 0 aliphatic carbocycles. The molecule has 0 bridgehead atoms. The SMILES string of the molecule is COc1ccc(-c2c(Cl)cc(-n3nc(N)nc3N)cc2C(F)(F)F)cc1C(F)(F)F. The first-order valence-corrected chi connectivity index (χ1v) is 8.35. The fourth-order valence-corrected chi connectivity index (χ4v) is 3.17. The molecule has 0 fully saturated rings. The normalized spacial score (nSPS) is 12.3. The second kappa shape index (κ2) is 7.27. The van der Waals surface area contributed by atoms with E-state index in [4.69, 9.17) is 23.1 Å². The third-order valence-electron chi connectivity index (χ3n) is 4.07. The summed E-state index contributed by atoms with van der Waals surface area (Å²) in [6.45, 7) is 0. The van der Waals surface area contributed by atoms with Gasteiger partial charge in [0.05, 0.1) is 28.9 Å². The van der Waals surface area contributed by atoms with Gasteiger partial charge in [-0.25, -0.2) is 0 Å². The van der Waals surface area contributed by atoms with Crippen LogP contribution in [0.25, 0.3) is 16.8 Å². The van der Waals surface area contributed by atoms with Gasteiger partial charge in [-0.2, -0.15) is 36.0 Å². The maximum atomic E-state index is 13.8. The number of ether oxygens (including phenoxy) is 1. The molecule has 1 aromatic heterocycles. The number of hydrogen-bond donors (Lipinski definition) is 2. The highest BCUT2D eigenvalue weighted by molar-refractivity contribution is 6.33. The minimum Gasteiger partial charge on any atom is -0.496 e. The zero-order valence-electron chi connectivity index (χ0n) is 14.9. The predicted octanol–water partition coefficient (Wildman–Crippen LogP) is 4.80. The lowest BCUT2D eigenvalue weighted by Crippen LogP contribution is -2.12. The Morgan fingerprint density at radius 1 is 0.967 bits per heavy atom. The molecule has 0 amide bonds. The Morgan fingerprint density at radius 2 is 1.60 bits per heavy atom. The number of hydrogen-bond acceptors (Lipinski definition) is 5. The lowest BCUT2D eigenvalue weighted by atomic mass is 9.96. The number of alkyl halides is 6. The van der Waals surface area contributed by atoms with Crippen LogP contribution in [0.1, 0.15) is 11.1 Å². The van der Waals surface area contributed by atoms with Crippen molar-refractivity contribution in [2.75, 3.05) is 18.6 Å². The van der Waals surface area contributed by atoms with Gasteiger partial charge in [-0.1, -0.05) is 17.7 Å². The van der Waals surface area contributed by atoms with E-state index in [2.05, 4.69) is 14.8 Å². The van der Waals surface area contributed by atoms with Crippen LogP contribution in [-0.4, -0.2) is 21.9 Å². The summed E-state index contributed by atoms with van der Waals surface area (Å²) >= 11 is 6.08. The van der Waals surface area contributed by atoms with E-state index < -0.39 is 45.4 Å². The van der Waals surface area contributed by atoms with Crippen molar-refractivity contribution in [3.8, 4) is 22.6 Å². The minimum absolute atomic E-state index is 0.220. The average molecular weight is 452 g/mol. The van der Waals surface area contributed by atoms with Crippen LogP contribution in [-0.2, 0) is 12.4 Å². The molecule has 0 saturated heterocycles. The fourth-order valence-electron chi connectivity index (χ4n) is 2.85. The van der Waals surface area contributed by atoms with Gasteiger partial charge < -0.3 is 16.2 Å². The number of nitrogen functional groups attached to an aromatic ring is 2. The number of methoxy groups -OCH3 is 1. The van der Waals surface area contributed by atoms with Crippen LogP contribution in [0.5, 0.6) is 5.75 Å². The molecule has 4 N–H and O–H groups in total. The van der Waals surface area contributed by atoms with Crippen molar-refractivity contribution in [2.24, 2.45) is 0 Å². The van der Waals surface area contributed by atoms with Crippen molar-refractivity contribution < 1.29 is 31.1 Å². The molecule has 0 unspecified atom stereocenters. The first-order chi connectivity index (χ1) is 13.8. The minimum atomic E-state index is -4.96. The van der Waals surface area contributed by atoms with Gasteiger partial charge >= 0.3 is 12.4 Å². The van der Waals surface area contributed by atoms with Crippen LogP contribution in [0.2, 0.25) is 5.02 Å². The summed E-state index contributed by atoms with van der Waals surface area (Å²) in [6.07, 6.45) is -9.83. The molecular formula is C17H12ClF6N5O. The molecule has 0 aliphatic rings. The van der Waals surface area contributed by atoms with E-state index in [9.17, 15) is 26.3 Å². The second-order valence-electron chi connectivity index (χ2n) is 6.00. The number of benzene rings is 2. The van der Waals surface area contributed by atoms with Crippen molar-refractivity contribution in [1.82, 2.24) is 14.8 Å². The molecule has 13 heteroatoms. The fraction of sp³-hybridized carbons (Fsp3) is 0.176. The molecule has 0 aliphatic heterocycles. The van der Waals surface area contributed by atoms with Gasteiger partial charge in [0.2, 0.25) is 11.9 Å². The maximum absolute atomic E-state index is 13.8. The maximum Gasteiger partial charge on any atom is 0.419 e. The summed E-state index contributed by atoms with van der Waals surface area (Å²) in [7, 11) is 1.02. The molecule has 3 rings (SSSR count). The molecule has 0 radical (unpaired) electrons. The predicted molar refractivity (Wildman–Crippen MR) is 97.2 cm³/mol. The Bertz CT molecular complexity index is 1110. The lowest BCUT2D eigenvalue weighted by molar-refractivity contribution is -0.138. The largest absolute Gasteiger partial charge is 0.496 e. The first-order valence-electron chi connectivity index (χ1n) is 7.97. The number of anilines is 2. The van der Waals surface area contributed by atoms with E-state index in [1.54, 1.807) is 0 Å². The van der Waals surface area contributed by atoms with Gasteiger partial charge in [-0.15, -0.1) is 5.10 Å². The topological polar surface area (TPSA) is 92.0 Å². The van der Waals surface area contributed by atoms with Crippen LogP contribution in [0.3, 0.4) is 0 Å². The summed E-state index contributed by atoms with van der Waals surface area (Å²) in [5.74, 6) is -1.13. The molecule has 30 heavy (non-hydrogen) atoms. The molecule has 0 atom stereocenters. The van der Waals surface area contributed by atoms with Gasteiger partial charge in [0, 0.05) is 5.56 Å². The Hall–Kier alpha value is -3.15. The summed E-state index contributed by atoms with van der Waals surface area (Å²) in [5.41, 5.74) is 7.15. The van der Waals surface area contributed by atoms with Crippen molar-refractivity contribution in [2.45, 2.75) is 12.4 Å². The number of nitrogens with two attached hydrogens (primary N) is 2. The smallest absolute Gasteiger partial charge is 0.419 e. The molecule has 1 heterocycles. The summed E-state index contributed by atoms with van der Waals surface area (Å²) in [4.78, 5) is 3.59. The number of nitrogens with zero attached hydrogens (tertiary/aromatic N) is 3. The van der Waals surface area contributed by atoms with Gasteiger partial charge in [0.25, 0.3) is 0 Å². The Kier molecular flexibility index (Phi) is 5.23. The zero-order chi connectivity index (χ0) is 22.4. The highest BCUT2D eigenvalue weighted by Gasteiger charge is 2.38. The van der Waals surface area contributed by atoms with E-state index in [0.717, 1.165) is 30.0 Å². The molecule has 3 aromatic rings. The third-order valence-corrected chi connectivity index (χ3v) is 4.37. The monoisotopic (exact) mass is 451 g/mol. The summed E-state index contributed by atoms with van der Waals surface area (Å²) in [6, 6.07) is 4.21. The quantitative estimate of drug-likeness (QED) is 0.558. The highest BCUT2D eigenvalue weighted by Crippen LogP contribution is 2.45. The standard InChI is InChI=1S/C17H12ClF6N5O/c1-30-12-3-2-7(4-9(12)16(19,20)21)13-10(17(22,23)24)5-8(6-11(13)18)29-15(26)27-14(25)28-29/h2-6H,1H3,(H4,25,26,27,28). The summed E-state index contributed by atoms with van der Waals surface area (Å²) in [5, 5.41) is 3.20. The molecule has 0 saturated carbocycles. The molecule has 0 spiro atoms. The van der Waals surface area contributed by atoms with Crippen LogP contribution in [0, 0.1) is 0 Å². The van der Waals surface area contributed by atoms with E-state index in [1.807, 2.05) is 0 Å². The van der Waals surface area contributed by atoms with E-state index in [0.29, 0.717) is 12.1 Å². The molecular weight excluding hydrogens is 440 g/mol. The molecule has 160 valence electrons. The average Bonchev–Trinajstić information content (AvgIpc) is 2.97. The first kappa shape index (κ1) is 21.6. The highest BCUT2D eigenvalue weighted by atomic mass is 35.5. The Balaban J connectivity index is 2.29. The van der Waals surface area contributed by atoms with Gasteiger partial charge in [0.1, 0.15) is 5.75 Å². The van der Waals surface area contributed by atoms with Crippen LogP contribution in [0.4, 0.5) is 38.2 Å². The van der Waals surface area contributed by atoms with Crippen LogP contribution >= 0.6 is 11.6 Å². The van der Waals surface area contributed by atoms with Crippen molar-refractivity contribution in [3.05, 3.63) is 46.5 Å². The third kappa shape index (κ3) is 3.95. The number of rotatable bonds is 3. The Labute approximate surface area is 170 Å². The van der Waals surface area contributed by atoms with Crippen molar-refractivity contribution in [3.63, 3.8) is 0 Å². The van der Waals surface area contributed by atoms with Gasteiger partial charge in [-0.3, -0.25) is 0 Å². The van der Waals surface area contributed by atoms with Gasteiger partial charge in [0.15, 0.2) is 0 Å². The van der Waals surface area contributed by atoms with Gasteiger partial charge in [-0.05, 0) is 29.8 Å². The van der Waals surface area contributed by atoms with E-state index in [-0.39, 0.29) is 17.6 Å². The second-order valence-corrected chi connectivity index (χ2v) is 6.41.